The molecule has 0 heterocycles. The molecule has 0 amide bonds. The molecule has 3 aliphatic rings. The van der Waals surface area contributed by atoms with Crippen LogP contribution in [-0.4, -0.2) is 23.7 Å². The molecule has 3 saturated carbocycles. The van der Waals surface area contributed by atoms with E-state index in [9.17, 15) is 35.8 Å². The Morgan fingerprint density at radius 2 is 0.975 bits per heavy atom. The van der Waals surface area contributed by atoms with Crippen LogP contribution in [0.2, 0.25) is 0 Å². The molecule has 0 radical (unpaired) electrons. The van der Waals surface area contributed by atoms with E-state index in [1.54, 1.807) is 0 Å². The first kappa shape index (κ1) is 30.7. The fourth-order valence-electron chi connectivity index (χ4n) is 6.15. The van der Waals surface area contributed by atoms with E-state index in [0.717, 1.165) is 51.4 Å². The molecule has 0 atom stereocenters. The topological polar surface area (TPSA) is 38.7 Å². The second kappa shape index (κ2) is 13.2. The number of hydrogen-bond acceptors (Lipinski definition) is 3. The Bertz CT molecular complexity index is 992. The summed E-state index contributed by atoms with van der Waals surface area (Å²) in [5.41, 5.74) is 0. The van der Waals surface area contributed by atoms with E-state index in [0.29, 0.717) is 30.6 Å². The zero-order valence-corrected chi connectivity index (χ0v) is 22.3. The lowest BCUT2D eigenvalue weighted by Crippen LogP contribution is -2.37. The Hall–Kier alpha value is -2.23. The van der Waals surface area contributed by atoms with E-state index in [1.807, 2.05) is 0 Å². The molecule has 0 aromatic heterocycles. The van der Waals surface area contributed by atoms with Gasteiger partial charge in [0.15, 0.2) is 11.6 Å². The lowest BCUT2D eigenvalue weighted by Gasteiger charge is -2.32. The van der Waals surface area contributed by atoms with Crippen LogP contribution in [0.15, 0.2) is 36.4 Å². The maximum absolute atomic E-state index is 14.8. The highest BCUT2D eigenvalue weighted by atomic mass is 19.4. The van der Waals surface area contributed by atoms with Crippen molar-refractivity contribution in [2.75, 3.05) is 0 Å². The second-order valence-corrected chi connectivity index (χ2v) is 11.6. The summed E-state index contributed by atoms with van der Waals surface area (Å²) >= 11 is 0. The van der Waals surface area contributed by atoms with Gasteiger partial charge in [-0.05, 0) is 101 Å². The number of alkyl halides is 5. The molecule has 1 aromatic rings. The van der Waals surface area contributed by atoms with Crippen molar-refractivity contribution in [1.82, 2.24) is 0 Å². The Morgan fingerprint density at radius 1 is 0.600 bits per heavy atom. The number of aliphatic hydroxyl groups is 1. The van der Waals surface area contributed by atoms with Crippen molar-refractivity contribution in [1.29, 1.82) is 0 Å². The summed E-state index contributed by atoms with van der Waals surface area (Å²) < 4.78 is 102. The molecule has 10 heteroatoms. The molecule has 1 aromatic carbocycles. The van der Waals surface area contributed by atoms with E-state index in [2.05, 4.69) is 33.8 Å². The molecule has 3 fully saturated rings. The van der Waals surface area contributed by atoms with Gasteiger partial charge in [-0.25, -0.2) is 8.78 Å². The van der Waals surface area contributed by atoms with Gasteiger partial charge in [-0.2, -0.15) is 8.78 Å². The van der Waals surface area contributed by atoms with Gasteiger partial charge in [0.05, 0.1) is 12.0 Å². The highest BCUT2D eigenvalue weighted by molar-refractivity contribution is 5.35. The van der Waals surface area contributed by atoms with Crippen LogP contribution in [0.1, 0.15) is 77.0 Å². The SMILES string of the molecule is OC1CCC(/C=C/C2CCC(/C=C/C3CCC(C(F)(F)Oc4cc(F)c(OC(F)(F)F)c(F)c4)CC3)CC2)CC1. The number of benzene rings is 1. The predicted molar refractivity (Wildman–Crippen MR) is 136 cm³/mol. The van der Waals surface area contributed by atoms with Crippen LogP contribution in [0.5, 0.6) is 11.5 Å². The highest BCUT2D eigenvalue weighted by Crippen LogP contribution is 2.42. The van der Waals surface area contributed by atoms with Gasteiger partial charge in [-0.3, -0.25) is 0 Å². The third-order valence-corrected chi connectivity index (χ3v) is 8.56. The molecule has 40 heavy (non-hydrogen) atoms. The molecule has 1 N–H and O–H groups in total. The molecule has 0 unspecified atom stereocenters. The van der Waals surface area contributed by atoms with Crippen LogP contribution >= 0.6 is 0 Å². The van der Waals surface area contributed by atoms with Crippen molar-refractivity contribution >= 4 is 0 Å². The van der Waals surface area contributed by atoms with Crippen LogP contribution < -0.4 is 9.47 Å². The molecule has 0 bridgehead atoms. The molecule has 0 aliphatic heterocycles. The molecule has 224 valence electrons. The van der Waals surface area contributed by atoms with Crippen LogP contribution in [0.4, 0.5) is 30.7 Å². The number of aliphatic hydroxyl groups excluding tert-OH is 1. The minimum atomic E-state index is -5.33. The van der Waals surface area contributed by atoms with Gasteiger partial charge in [0, 0.05) is 12.1 Å². The first-order valence-electron chi connectivity index (χ1n) is 14.2. The van der Waals surface area contributed by atoms with E-state index < -0.39 is 41.5 Å². The highest BCUT2D eigenvalue weighted by Gasteiger charge is 2.44. The standard InChI is InChI=1S/C30H37F7O3/c31-26-17-25(18-27(32)28(26)40-30(35,36)37)39-29(33,34)23-13-9-21(10-14-23)7-5-19-1-3-20(4-2-19)6-8-22-11-15-24(38)16-12-22/h5-8,17-24,38H,1-4,9-16H2/b7-5+,8-6+. The third kappa shape index (κ3) is 8.88. The van der Waals surface area contributed by atoms with Gasteiger partial charge in [-0.15, -0.1) is 13.2 Å². The Labute approximate surface area is 230 Å². The Morgan fingerprint density at radius 3 is 1.38 bits per heavy atom. The maximum Gasteiger partial charge on any atom is 0.573 e. The van der Waals surface area contributed by atoms with Gasteiger partial charge in [0.1, 0.15) is 5.75 Å². The summed E-state index contributed by atoms with van der Waals surface area (Å²) in [4.78, 5) is 0. The molecular weight excluding hydrogens is 541 g/mol. The maximum atomic E-state index is 14.8. The second-order valence-electron chi connectivity index (χ2n) is 11.6. The van der Waals surface area contributed by atoms with Crippen LogP contribution in [-0.2, 0) is 0 Å². The average molecular weight is 579 g/mol. The van der Waals surface area contributed by atoms with Crippen molar-refractivity contribution in [2.24, 2.45) is 29.6 Å². The summed E-state index contributed by atoms with van der Waals surface area (Å²) in [6, 6.07) is 0.524. The summed E-state index contributed by atoms with van der Waals surface area (Å²) in [6.45, 7) is 0. The minimum Gasteiger partial charge on any atom is -0.432 e. The molecule has 0 spiro atoms. The van der Waals surface area contributed by atoms with Crippen molar-refractivity contribution < 1.29 is 45.3 Å². The molecule has 3 aliphatic carbocycles. The smallest absolute Gasteiger partial charge is 0.432 e. The fourth-order valence-corrected chi connectivity index (χ4v) is 6.15. The molecule has 3 nitrogen and oxygen atoms in total. The predicted octanol–water partition coefficient (Wildman–Crippen LogP) is 9.11. The van der Waals surface area contributed by atoms with Crippen molar-refractivity contribution in [3.63, 3.8) is 0 Å². The normalized spacial score (nSPS) is 30.6. The third-order valence-electron chi connectivity index (χ3n) is 8.56. The first-order valence-corrected chi connectivity index (χ1v) is 14.2. The zero-order chi connectivity index (χ0) is 28.9. The molecule has 0 saturated heterocycles. The van der Waals surface area contributed by atoms with E-state index in [1.165, 1.54) is 0 Å². The van der Waals surface area contributed by atoms with Gasteiger partial charge < -0.3 is 14.6 Å². The van der Waals surface area contributed by atoms with Crippen molar-refractivity contribution in [2.45, 2.75) is 95.6 Å². The largest absolute Gasteiger partial charge is 0.573 e. The zero-order valence-electron chi connectivity index (χ0n) is 22.3. The van der Waals surface area contributed by atoms with E-state index in [-0.39, 0.29) is 37.0 Å². The van der Waals surface area contributed by atoms with Crippen LogP contribution in [0.3, 0.4) is 0 Å². The lowest BCUT2D eigenvalue weighted by molar-refractivity contribution is -0.276. The van der Waals surface area contributed by atoms with Gasteiger partial charge in [0.25, 0.3) is 0 Å². The average Bonchev–Trinajstić information content (AvgIpc) is 2.89. The summed E-state index contributed by atoms with van der Waals surface area (Å²) in [7, 11) is 0. The quantitative estimate of drug-likeness (QED) is 0.247. The fraction of sp³-hybridized carbons (Fsp3) is 0.667. The summed E-state index contributed by atoms with van der Waals surface area (Å²) in [5.74, 6) is -5.56. The van der Waals surface area contributed by atoms with Gasteiger partial charge >= 0.3 is 12.5 Å². The number of ether oxygens (including phenoxy) is 2. The Kier molecular flexibility index (Phi) is 10.1. The number of rotatable bonds is 8. The van der Waals surface area contributed by atoms with Crippen LogP contribution in [0.25, 0.3) is 0 Å². The molecule has 4 rings (SSSR count). The number of halogens is 7. The Balaban J connectivity index is 1.20. The monoisotopic (exact) mass is 578 g/mol. The first-order chi connectivity index (χ1) is 18.9. The van der Waals surface area contributed by atoms with Gasteiger partial charge in [-0.1, -0.05) is 24.3 Å². The molecular formula is C30H37F7O3. The number of hydrogen-bond donors (Lipinski definition) is 1. The number of allylic oxidation sites excluding steroid dienone is 4. The van der Waals surface area contributed by atoms with E-state index in [4.69, 9.17) is 0 Å². The summed E-state index contributed by atoms with van der Waals surface area (Å²) in [6.07, 6.45) is 9.52. The van der Waals surface area contributed by atoms with Crippen LogP contribution in [0, 0.1) is 41.2 Å². The van der Waals surface area contributed by atoms with Gasteiger partial charge in [0.2, 0.25) is 5.75 Å². The van der Waals surface area contributed by atoms with E-state index >= 15 is 0 Å². The lowest BCUT2D eigenvalue weighted by atomic mass is 9.78. The minimum absolute atomic E-state index is 0.139. The van der Waals surface area contributed by atoms with Crippen molar-refractivity contribution in [3.8, 4) is 11.5 Å². The summed E-state index contributed by atoms with van der Waals surface area (Å²) in [5, 5.41) is 9.65. The van der Waals surface area contributed by atoms with Crippen molar-refractivity contribution in [3.05, 3.63) is 48.1 Å².